The highest BCUT2D eigenvalue weighted by molar-refractivity contribution is 9.10. The van der Waals surface area contributed by atoms with E-state index >= 15 is 0 Å². The summed E-state index contributed by atoms with van der Waals surface area (Å²) in [5.74, 6) is -0.266. The van der Waals surface area contributed by atoms with Crippen LogP contribution in [-0.4, -0.2) is 51.7 Å². The van der Waals surface area contributed by atoms with E-state index in [-0.39, 0.29) is 16.1 Å². The summed E-state index contributed by atoms with van der Waals surface area (Å²) in [5, 5.41) is 4.83. The number of halogens is 6. The Morgan fingerprint density at radius 2 is 1.77 bits per heavy atom. The molecule has 1 fully saturated rings. The number of nitrogens with zero attached hydrogens (tertiary/aromatic N) is 4. The minimum absolute atomic E-state index is 0.143. The SMILES string of the molecule is Cc1c(Br)c(C(F)(F)F)nn1C(C)C(=O)N1CCN(Cc2c(Cl)cccc2Cl)CC1. The third-order valence-corrected chi connectivity index (χ3v) is 6.85. The van der Waals surface area contributed by atoms with E-state index in [2.05, 4.69) is 25.9 Å². The lowest BCUT2D eigenvalue weighted by molar-refractivity contribution is -0.143. The van der Waals surface area contributed by atoms with Crippen molar-refractivity contribution in [2.75, 3.05) is 26.2 Å². The number of carbonyl (C=O) groups excluding carboxylic acids is 1. The van der Waals surface area contributed by atoms with Gasteiger partial charge < -0.3 is 4.90 Å². The predicted molar refractivity (Wildman–Crippen MR) is 113 cm³/mol. The lowest BCUT2D eigenvalue weighted by Gasteiger charge is -2.36. The van der Waals surface area contributed by atoms with Crippen LogP contribution in [0.1, 0.15) is 29.9 Å². The van der Waals surface area contributed by atoms with Gasteiger partial charge in [-0.3, -0.25) is 14.4 Å². The molecular formula is C19H20BrCl2F3N4O. The number of benzene rings is 1. The number of rotatable bonds is 4. The molecule has 0 bridgehead atoms. The van der Waals surface area contributed by atoms with Crippen LogP contribution in [0.4, 0.5) is 13.2 Å². The normalized spacial score (nSPS) is 16.7. The Kier molecular flexibility index (Phi) is 7.06. The molecule has 0 aliphatic carbocycles. The number of aromatic nitrogens is 2. The van der Waals surface area contributed by atoms with Gasteiger partial charge in [0.05, 0.1) is 10.2 Å². The Morgan fingerprint density at radius 1 is 1.20 bits per heavy atom. The number of piperazine rings is 1. The zero-order valence-corrected chi connectivity index (χ0v) is 19.4. The Hall–Kier alpha value is -1.29. The topological polar surface area (TPSA) is 41.4 Å². The second kappa shape index (κ2) is 9.06. The summed E-state index contributed by atoms with van der Waals surface area (Å²) in [6, 6.07) is 4.50. The molecule has 1 aliphatic rings. The molecule has 2 heterocycles. The van der Waals surface area contributed by atoms with Gasteiger partial charge in [0.25, 0.3) is 0 Å². The van der Waals surface area contributed by atoms with E-state index in [4.69, 9.17) is 23.2 Å². The van der Waals surface area contributed by atoms with Crippen LogP contribution in [0.5, 0.6) is 0 Å². The van der Waals surface area contributed by atoms with E-state index in [1.165, 1.54) is 6.92 Å². The van der Waals surface area contributed by atoms with E-state index in [0.717, 1.165) is 10.2 Å². The quantitative estimate of drug-likeness (QED) is 0.549. The van der Waals surface area contributed by atoms with Gasteiger partial charge in [-0.25, -0.2) is 0 Å². The maximum absolute atomic E-state index is 13.1. The third-order valence-electron chi connectivity index (χ3n) is 5.20. The molecule has 0 spiro atoms. The van der Waals surface area contributed by atoms with Crippen LogP contribution in [0.3, 0.4) is 0 Å². The lowest BCUT2D eigenvalue weighted by atomic mass is 10.2. The van der Waals surface area contributed by atoms with Crippen LogP contribution in [-0.2, 0) is 17.5 Å². The van der Waals surface area contributed by atoms with Crippen LogP contribution in [0.25, 0.3) is 0 Å². The average molecular weight is 528 g/mol. The highest BCUT2D eigenvalue weighted by atomic mass is 79.9. The first-order chi connectivity index (χ1) is 14.0. The van der Waals surface area contributed by atoms with E-state index in [1.54, 1.807) is 30.0 Å². The van der Waals surface area contributed by atoms with E-state index in [9.17, 15) is 18.0 Å². The molecule has 5 nitrogen and oxygen atoms in total. The first-order valence-corrected chi connectivity index (χ1v) is 10.8. The van der Waals surface area contributed by atoms with Gasteiger partial charge in [0.15, 0.2) is 5.69 Å². The second-order valence-electron chi connectivity index (χ2n) is 7.17. The number of alkyl halides is 3. The minimum atomic E-state index is -4.59. The maximum Gasteiger partial charge on any atom is 0.436 e. The molecule has 0 N–H and O–H groups in total. The van der Waals surface area contributed by atoms with Gasteiger partial charge in [-0.05, 0) is 41.9 Å². The fourth-order valence-electron chi connectivity index (χ4n) is 3.46. The molecule has 11 heteroatoms. The number of hydrogen-bond donors (Lipinski definition) is 0. The zero-order chi connectivity index (χ0) is 22.2. The molecule has 1 aromatic heterocycles. The monoisotopic (exact) mass is 526 g/mol. The maximum atomic E-state index is 13.1. The van der Waals surface area contributed by atoms with Crippen LogP contribution in [0.2, 0.25) is 10.0 Å². The van der Waals surface area contributed by atoms with Gasteiger partial charge in [-0.1, -0.05) is 29.3 Å². The highest BCUT2D eigenvalue weighted by Gasteiger charge is 2.39. The molecular weight excluding hydrogens is 508 g/mol. The van der Waals surface area contributed by atoms with Gasteiger partial charge >= 0.3 is 6.18 Å². The minimum Gasteiger partial charge on any atom is -0.338 e. The van der Waals surface area contributed by atoms with Crippen molar-refractivity contribution in [1.82, 2.24) is 19.6 Å². The summed E-state index contributed by atoms with van der Waals surface area (Å²) >= 11 is 15.4. The molecule has 0 radical (unpaired) electrons. The molecule has 30 heavy (non-hydrogen) atoms. The summed E-state index contributed by atoms with van der Waals surface area (Å²) in [7, 11) is 0. The Bertz CT molecular complexity index is 922. The van der Waals surface area contributed by atoms with Gasteiger partial charge in [0.2, 0.25) is 5.91 Å². The molecule has 0 saturated carbocycles. The van der Waals surface area contributed by atoms with Crippen molar-refractivity contribution < 1.29 is 18.0 Å². The van der Waals surface area contributed by atoms with Gasteiger partial charge in [-0.2, -0.15) is 18.3 Å². The van der Waals surface area contributed by atoms with E-state index in [1.807, 2.05) is 0 Å². The summed E-state index contributed by atoms with van der Waals surface area (Å²) in [6.45, 7) is 5.76. The Morgan fingerprint density at radius 3 is 2.27 bits per heavy atom. The summed E-state index contributed by atoms with van der Waals surface area (Å²) < 4.78 is 40.3. The van der Waals surface area contributed by atoms with Gasteiger partial charge in [0.1, 0.15) is 6.04 Å². The zero-order valence-electron chi connectivity index (χ0n) is 16.3. The van der Waals surface area contributed by atoms with Crippen molar-refractivity contribution in [2.45, 2.75) is 32.6 Å². The van der Waals surface area contributed by atoms with Crippen molar-refractivity contribution in [1.29, 1.82) is 0 Å². The summed E-state index contributed by atoms with van der Waals surface area (Å²) in [4.78, 5) is 16.7. The highest BCUT2D eigenvalue weighted by Crippen LogP contribution is 2.36. The Labute approximate surface area is 190 Å². The van der Waals surface area contributed by atoms with Gasteiger partial charge in [0, 0.05) is 48.3 Å². The second-order valence-corrected chi connectivity index (χ2v) is 8.78. The van der Waals surface area contributed by atoms with E-state index < -0.39 is 17.9 Å². The molecule has 1 unspecified atom stereocenters. The van der Waals surface area contributed by atoms with Crippen molar-refractivity contribution >= 4 is 45.0 Å². The van der Waals surface area contributed by atoms with Crippen LogP contribution < -0.4 is 0 Å². The first-order valence-electron chi connectivity index (χ1n) is 9.26. The molecule has 1 saturated heterocycles. The number of hydrogen-bond acceptors (Lipinski definition) is 3. The number of carbonyl (C=O) groups is 1. The fourth-order valence-corrected chi connectivity index (χ4v) is 4.46. The molecule has 1 aromatic carbocycles. The first kappa shape index (κ1) is 23.4. The molecule has 2 aromatic rings. The van der Waals surface area contributed by atoms with Crippen molar-refractivity contribution in [3.05, 3.63) is 49.7 Å². The summed E-state index contributed by atoms with van der Waals surface area (Å²) in [6.07, 6.45) is -4.59. The molecule has 3 rings (SSSR count). The fraction of sp³-hybridized carbons (Fsp3) is 0.474. The van der Waals surface area contributed by atoms with Crippen LogP contribution in [0, 0.1) is 6.92 Å². The summed E-state index contributed by atoms with van der Waals surface area (Å²) in [5.41, 5.74) is 0.0712. The molecule has 1 atom stereocenters. The average Bonchev–Trinajstić information content (AvgIpc) is 2.99. The molecule has 164 valence electrons. The Balaban J connectivity index is 1.66. The molecule has 1 amide bonds. The predicted octanol–water partition coefficient (Wildman–Crippen LogP) is 5.19. The van der Waals surface area contributed by atoms with Gasteiger partial charge in [-0.15, -0.1) is 0 Å². The van der Waals surface area contributed by atoms with Crippen molar-refractivity contribution in [3.63, 3.8) is 0 Å². The van der Waals surface area contributed by atoms with Crippen LogP contribution >= 0.6 is 39.1 Å². The smallest absolute Gasteiger partial charge is 0.338 e. The van der Waals surface area contributed by atoms with Crippen LogP contribution in [0.15, 0.2) is 22.7 Å². The molecule has 1 aliphatic heterocycles. The lowest BCUT2D eigenvalue weighted by Crippen LogP contribution is -2.50. The van der Waals surface area contributed by atoms with E-state index in [0.29, 0.717) is 42.8 Å². The van der Waals surface area contributed by atoms with Crippen molar-refractivity contribution in [3.8, 4) is 0 Å². The largest absolute Gasteiger partial charge is 0.436 e. The number of amides is 1. The third kappa shape index (κ3) is 4.79. The van der Waals surface area contributed by atoms with Crippen molar-refractivity contribution in [2.24, 2.45) is 0 Å². The standard InChI is InChI=1S/C19H20BrCl2F3N4O/c1-11-16(20)17(19(23,24)25)26-29(11)12(2)18(30)28-8-6-27(7-9-28)10-13-14(21)4-3-5-15(13)22/h3-5,12H,6-10H2,1-2H3.